The number of hydrogen-bond donors (Lipinski definition) is 3. The summed E-state index contributed by atoms with van der Waals surface area (Å²) in [6.45, 7) is 20.3. The second-order valence-corrected chi connectivity index (χ2v) is 15.9. The van der Waals surface area contributed by atoms with Gasteiger partial charge in [0.25, 0.3) is 15.9 Å². The van der Waals surface area contributed by atoms with Gasteiger partial charge in [-0.15, -0.1) is 0 Å². The van der Waals surface area contributed by atoms with Gasteiger partial charge in [-0.2, -0.15) is 0 Å². The standard InChI is InChI=1S/C36H54N4O5S/c1-22(2)28(21-26(6)32(41)39-46(44,45)29-24(4)19-23(3)20-25(29)5)40(13)34(43)31(35(7,8)9)38-33(42)30(37-12)36(10,11)27-17-15-14-16-18-27/h14-22,28,30-31,37H,1-13H3,(H,38,42)(H,39,41). The maximum atomic E-state index is 14.1. The Morgan fingerprint density at radius 1 is 0.891 bits per heavy atom. The summed E-state index contributed by atoms with van der Waals surface area (Å²) in [6, 6.07) is 11.2. The minimum Gasteiger partial charge on any atom is -0.342 e. The van der Waals surface area contributed by atoms with Gasteiger partial charge in [-0.25, -0.2) is 13.1 Å². The molecule has 0 radical (unpaired) electrons. The van der Waals surface area contributed by atoms with Crippen molar-refractivity contribution in [2.45, 2.75) is 105 Å². The topological polar surface area (TPSA) is 125 Å². The molecule has 3 N–H and O–H groups in total. The first-order chi connectivity index (χ1) is 21.1. The lowest BCUT2D eigenvalue weighted by Crippen LogP contribution is -2.61. The maximum Gasteiger partial charge on any atom is 0.264 e. The number of sulfonamides is 1. The smallest absolute Gasteiger partial charge is 0.264 e. The van der Waals surface area contributed by atoms with Crippen molar-refractivity contribution in [1.29, 1.82) is 0 Å². The van der Waals surface area contributed by atoms with E-state index in [1.165, 1.54) is 11.8 Å². The van der Waals surface area contributed by atoms with Crippen LogP contribution in [0.25, 0.3) is 0 Å². The summed E-state index contributed by atoms with van der Waals surface area (Å²) in [7, 11) is -0.775. The van der Waals surface area contributed by atoms with Crippen molar-refractivity contribution < 1.29 is 22.8 Å². The normalized spacial score (nSPS) is 14.8. The largest absolute Gasteiger partial charge is 0.342 e. The molecular formula is C36H54N4O5S. The maximum absolute atomic E-state index is 14.1. The molecule has 46 heavy (non-hydrogen) atoms. The fraction of sp³-hybridized carbons (Fsp3) is 0.528. The third-order valence-electron chi connectivity index (χ3n) is 8.55. The first kappa shape index (κ1) is 38.7. The van der Waals surface area contributed by atoms with Crippen LogP contribution in [0.2, 0.25) is 0 Å². The van der Waals surface area contributed by atoms with Gasteiger partial charge in [0.2, 0.25) is 11.8 Å². The molecule has 0 bridgehead atoms. The molecule has 0 spiro atoms. The van der Waals surface area contributed by atoms with Gasteiger partial charge >= 0.3 is 0 Å². The Morgan fingerprint density at radius 3 is 1.87 bits per heavy atom. The highest BCUT2D eigenvalue weighted by atomic mass is 32.2. The Kier molecular flexibility index (Phi) is 12.6. The third-order valence-corrected chi connectivity index (χ3v) is 10.2. The van der Waals surface area contributed by atoms with Crippen molar-refractivity contribution in [3.63, 3.8) is 0 Å². The average Bonchev–Trinajstić information content (AvgIpc) is 2.92. The highest BCUT2D eigenvalue weighted by molar-refractivity contribution is 7.90. The highest BCUT2D eigenvalue weighted by Crippen LogP contribution is 2.29. The number of amides is 3. The van der Waals surface area contributed by atoms with Crippen LogP contribution in [-0.2, 0) is 29.8 Å². The van der Waals surface area contributed by atoms with E-state index in [4.69, 9.17) is 0 Å². The van der Waals surface area contributed by atoms with Crippen molar-refractivity contribution in [2.75, 3.05) is 14.1 Å². The zero-order valence-corrected chi connectivity index (χ0v) is 30.6. The van der Waals surface area contributed by atoms with Gasteiger partial charge in [0.15, 0.2) is 0 Å². The Labute approximate surface area is 276 Å². The first-order valence-corrected chi connectivity index (χ1v) is 17.2. The molecule has 0 aliphatic carbocycles. The number of hydrogen-bond acceptors (Lipinski definition) is 6. The van der Waals surface area contributed by atoms with E-state index < -0.39 is 44.9 Å². The summed E-state index contributed by atoms with van der Waals surface area (Å²) >= 11 is 0. The van der Waals surface area contributed by atoms with Crippen LogP contribution in [0.5, 0.6) is 0 Å². The molecule has 3 unspecified atom stereocenters. The SMILES string of the molecule is CNC(C(=O)NC(C(=O)N(C)C(C=C(C)C(=O)NS(=O)(=O)c1c(C)cc(C)cc1C)C(C)C)C(C)(C)C)C(C)(C)c1ccccc1. The number of rotatable bonds is 12. The Hall–Kier alpha value is -3.50. The van der Waals surface area contributed by atoms with Gasteiger partial charge in [0, 0.05) is 18.0 Å². The van der Waals surface area contributed by atoms with Gasteiger partial charge in [0.05, 0.1) is 17.0 Å². The summed E-state index contributed by atoms with van der Waals surface area (Å²) < 4.78 is 28.7. The van der Waals surface area contributed by atoms with E-state index in [-0.39, 0.29) is 28.2 Å². The lowest BCUT2D eigenvalue weighted by molar-refractivity contribution is -0.140. The molecule has 0 aromatic heterocycles. The minimum absolute atomic E-state index is 0.0750. The molecule has 3 atom stereocenters. The number of benzene rings is 2. The molecule has 10 heteroatoms. The van der Waals surface area contributed by atoms with Gasteiger partial charge in [-0.05, 0) is 62.8 Å². The third kappa shape index (κ3) is 9.06. The summed E-state index contributed by atoms with van der Waals surface area (Å²) in [4.78, 5) is 42.7. The Morgan fingerprint density at radius 2 is 1.41 bits per heavy atom. The second-order valence-electron chi connectivity index (χ2n) is 14.3. The van der Waals surface area contributed by atoms with E-state index in [1.807, 2.05) is 85.7 Å². The molecule has 2 rings (SSSR count). The molecule has 0 heterocycles. The molecule has 254 valence electrons. The minimum atomic E-state index is -4.14. The Balaban J connectivity index is 2.37. The molecule has 0 saturated carbocycles. The summed E-state index contributed by atoms with van der Waals surface area (Å²) in [5, 5.41) is 6.17. The lowest BCUT2D eigenvalue weighted by atomic mass is 9.76. The van der Waals surface area contributed by atoms with Gasteiger partial charge < -0.3 is 15.5 Å². The summed E-state index contributed by atoms with van der Waals surface area (Å²) in [6.07, 6.45) is 1.61. The number of likely N-dealkylation sites (N-methyl/N-ethyl adjacent to an activating group) is 2. The average molecular weight is 655 g/mol. The molecular weight excluding hydrogens is 600 g/mol. The van der Waals surface area contributed by atoms with E-state index in [9.17, 15) is 22.8 Å². The number of carbonyl (C=O) groups is 3. The lowest BCUT2D eigenvalue weighted by Gasteiger charge is -2.40. The van der Waals surface area contributed by atoms with E-state index in [0.717, 1.165) is 11.1 Å². The van der Waals surface area contributed by atoms with Gasteiger partial charge in [-0.3, -0.25) is 14.4 Å². The molecule has 3 amide bonds. The molecule has 2 aromatic carbocycles. The van der Waals surface area contributed by atoms with Crippen LogP contribution >= 0.6 is 0 Å². The van der Waals surface area contributed by atoms with E-state index in [1.54, 1.807) is 46.2 Å². The van der Waals surface area contributed by atoms with E-state index in [0.29, 0.717) is 11.1 Å². The fourth-order valence-corrected chi connectivity index (χ4v) is 7.48. The zero-order chi connectivity index (χ0) is 35.4. The number of nitrogens with zero attached hydrogens (tertiary/aromatic N) is 1. The summed E-state index contributed by atoms with van der Waals surface area (Å²) in [5.74, 6) is -1.54. The van der Waals surface area contributed by atoms with Crippen molar-refractivity contribution in [2.24, 2.45) is 11.3 Å². The Bertz CT molecular complexity index is 1530. The molecule has 0 aliphatic rings. The zero-order valence-electron chi connectivity index (χ0n) is 29.8. The van der Waals surface area contributed by atoms with Crippen LogP contribution in [0.15, 0.2) is 59.0 Å². The predicted octanol–water partition coefficient (Wildman–Crippen LogP) is 4.94. The summed E-state index contributed by atoms with van der Waals surface area (Å²) in [5.41, 5.74) is 1.93. The first-order valence-electron chi connectivity index (χ1n) is 15.7. The van der Waals surface area contributed by atoms with E-state index in [2.05, 4.69) is 15.4 Å². The molecule has 2 aromatic rings. The monoisotopic (exact) mass is 654 g/mol. The van der Waals surface area contributed by atoms with Crippen molar-refractivity contribution >= 4 is 27.7 Å². The van der Waals surface area contributed by atoms with Crippen LogP contribution in [0, 0.1) is 32.1 Å². The molecule has 0 fully saturated rings. The van der Waals surface area contributed by atoms with Crippen LogP contribution < -0.4 is 15.4 Å². The van der Waals surface area contributed by atoms with Gasteiger partial charge in [0.1, 0.15) is 6.04 Å². The highest BCUT2D eigenvalue weighted by Gasteiger charge is 2.41. The van der Waals surface area contributed by atoms with Crippen LogP contribution in [0.4, 0.5) is 0 Å². The second kappa shape index (κ2) is 14.9. The van der Waals surface area contributed by atoms with Crippen molar-refractivity contribution in [3.8, 4) is 0 Å². The van der Waals surface area contributed by atoms with Gasteiger partial charge in [-0.1, -0.05) is 103 Å². The van der Waals surface area contributed by atoms with E-state index >= 15 is 0 Å². The fourth-order valence-electron chi connectivity index (χ4n) is 6.01. The predicted molar refractivity (Wildman–Crippen MR) is 185 cm³/mol. The number of aryl methyl sites for hydroxylation is 3. The number of carbonyl (C=O) groups excluding carboxylic acids is 3. The van der Waals surface area contributed by atoms with Crippen LogP contribution in [0.1, 0.15) is 77.6 Å². The quantitative estimate of drug-likeness (QED) is 0.279. The molecule has 9 nitrogen and oxygen atoms in total. The molecule has 0 saturated heterocycles. The van der Waals surface area contributed by atoms with Crippen molar-refractivity contribution in [1.82, 2.24) is 20.3 Å². The van der Waals surface area contributed by atoms with Crippen LogP contribution in [-0.4, -0.2) is 63.3 Å². The number of nitrogens with one attached hydrogen (secondary N) is 3. The molecule has 0 aliphatic heterocycles. The van der Waals surface area contributed by atoms with Crippen molar-refractivity contribution in [3.05, 3.63) is 76.4 Å². The van der Waals surface area contributed by atoms with Crippen LogP contribution in [0.3, 0.4) is 0 Å².